The van der Waals surface area contributed by atoms with Crippen molar-refractivity contribution in [1.29, 1.82) is 0 Å². The number of hydrogen-bond acceptors (Lipinski definition) is 3. The molecule has 0 amide bonds. The van der Waals surface area contributed by atoms with Crippen LogP contribution in [0.25, 0.3) is 22.1 Å². The minimum atomic E-state index is 0.169. The Balaban J connectivity index is 2.51. The van der Waals surface area contributed by atoms with Gasteiger partial charge in [-0.25, -0.2) is 0 Å². The Morgan fingerprint density at radius 3 is 2.88 bits per heavy atom. The Kier molecular flexibility index (Phi) is 1.63. The monoisotopic (exact) mass is 215 g/mol. The summed E-state index contributed by atoms with van der Waals surface area (Å²) in [5.41, 5.74) is 2.73. The van der Waals surface area contributed by atoms with Gasteiger partial charge in [-0.1, -0.05) is 0 Å². The summed E-state index contributed by atoms with van der Waals surface area (Å²) >= 11 is 0. The van der Waals surface area contributed by atoms with Gasteiger partial charge in [-0.3, -0.25) is 4.79 Å². The summed E-state index contributed by atoms with van der Waals surface area (Å²) in [5.74, 6) is 0.169. The summed E-state index contributed by atoms with van der Waals surface area (Å²) in [5, 5.41) is 10.2. The number of nitrogens with zero attached hydrogens (tertiary/aromatic N) is 1. The lowest BCUT2D eigenvalue weighted by molar-refractivity contribution is 0.111. The van der Waals surface area contributed by atoms with Crippen molar-refractivity contribution in [2.75, 3.05) is 0 Å². The number of carbonyl (C=O) groups excluding carboxylic acids is 1. The highest BCUT2D eigenvalue weighted by molar-refractivity contribution is 6.05. The number of aromatic hydroxyl groups is 1. The lowest BCUT2D eigenvalue weighted by Crippen LogP contribution is -1.92. The molecular formula is C12H9NO3. The second-order valence-corrected chi connectivity index (χ2v) is 3.74. The molecule has 0 aliphatic rings. The highest BCUT2D eigenvalue weighted by Crippen LogP contribution is 2.32. The first-order valence-electron chi connectivity index (χ1n) is 4.87. The molecule has 3 aromatic rings. The van der Waals surface area contributed by atoms with Crippen molar-refractivity contribution in [3.05, 3.63) is 30.0 Å². The number of furan rings is 1. The molecule has 2 heterocycles. The van der Waals surface area contributed by atoms with E-state index in [-0.39, 0.29) is 5.75 Å². The largest absolute Gasteiger partial charge is 0.508 e. The second kappa shape index (κ2) is 2.88. The number of fused-ring (bicyclic) bond motifs is 3. The molecule has 1 aromatic carbocycles. The summed E-state index contributed by atoms with van der Waals surface area (Å²) in [4.78, 5) is 10.8. The number of aldehydes is 1. The number of aryl methyl sites for hydroxylation is 1. The first-order valence-corrected chi connectivity index (χ1v) is 4.87. The van der Waals surface area contributed by atoms with E-state index in [4.69, 9.17) is 4.42 Å². The molecule has 2 aromatic heterocycles. The smallest absolute Gasteiger partial charge is 0.166 e. The normalized spacial score (nSPS) is 11.3. The predicted octanol–water partition coefficient (Wildman–Crippen LogP) is 2.44. The van der Waals surface area contributed by atoms with Crippen molar-refractivity contribution in [1.82, 2.24) is 4.57 Å². The van der Waals surface area contributed by atoms with E-state index in [2.05, 4.69) is 0 Å². The third-order valence-corrected chi connectivity index (χ3v) is 2.80. The zero-order valence-corrected chi connectivity index (χ0v) is 8.60. The minimum Gasteiger partial charge on any atom is -0.508 e. The first-order chi connectivity index (χ1) is 7.70. The van der Waals surface area contributed by atoms with Gasteiger partial charge in [0.05, 0.1) is 11.2 Å². The Hall–Kier alpha value is -2.23. The SMILES string of the molecule is Cn1c(C=O)cc2oc3cc(O)ccc3c21. The minimum absolute atomic E-state index is 0.169. The van der Waals surface area contributed by atoms with Crippen LogP contribution in [0.5, 0.6) is 5.75 Å². The molecule has 4 nitrogen and oxygen atoms in total. The van der Waals surface area contributed by atoms with E-state index in [1.54, 1.807) is 28.8 Å². The Morgan fingerprint density at radius 2 is 2.12 bits per heavy atom. The number of hydrogen-bond donors (Lipinski definition) is 1. The Bertz CT molecular complexity index is 706. The Labute approximate surface area is 90.7 Å². The number of phenolic OH excluding ortho intramolecular Hbond substituents is 1. The summed E-state index contributed by atoms with van der Waals surface area (Å²) in [7, 11) is 1.81. The van der Waals surface area contributed by atoms with E-state index in [1.165, 1.54) is 0 Å². The fraction of sp³-hybridized carbons (Fsp3) is 0.0833. The van der Waals surface area contributed by atoms with E-state index in [0.29, 0.717) is 16.9 Å². The molecule has 0 spiro atoms. The lowest BCUT2D eigenvalue weighted by Gasteiger charge is -1.96. The molecule has 3 rings (SSSR count). The summed E-state index contributed by atoms with van der Waals surface area (Å²) in [6.45, 7) is 0. The third kappa shape index (κ3) is 1.01. The van der Waals surface area contributed by atoms with E-state index in [1.807, 2.05) is 7.05 Å². The lowest BCUT2D eigenvalue weighted by atomic mass is 10.2. The van der Waals surface area contributed by atoms with Crippen molar-refractivity contribution in [2.24, 2.45) is 7.05 Å². The van der Waals surface area contributed by atoms with Gasteiger partial charge >= 0.3 is 0 Å². The average Bonchev–Trinajstić information content (AvgIpc) is 2.75. The second-order valence-electron chi connectivity index (χ2n) is 3.74. The average molecular weight is 215 g/mol. The number of rotatable bonds is 1. The van der Waals surface area contributed by atoms with Crippen molar-refractivity contribution < 1.29 is 14.3 Å². The van der Waals surface area contributed by atoms with Crippen molar-refractivity contribution in [3.63, 3.8) is 0 Å². The van der Waals surface area contributed by atoms with Crippen LogP contribution in [0.15, 0.2) is 28.7 Å². The molecule has 4 heteroatoms. The van der Waals surface area contributed by atoms with Gasteiger partial charge in [0.15, 0.2) is 11.9 Å². The van der Waals surface area contributed by atoms with Gasteiger partial charge < -0.3 is 14.1 Å². The van der Waals surface area contributed by atoms with Gasteiger partial charge in [-0.05, 0) is 12.1 Å². The molecule has 1 N–H and O–H groups in total. The molecule has 0 radical (unpaired) electrons. The fourth-order valence-corrected chi connectivity index (χ4v) is 2.01. The quantitative estimate of drug-likeness (QED) is 0.634. The van der Waals surface area contributed by atoms with Crippen molar-refractivity contribution >= 4 is 28.4 Å². The highest BCUT2D eigenvalue weighted by atomic mass is 16.3. The summed E-state index contributed by atoms with van der Waals surface area (Å²) in [6.07, 6.45) is 0.793. The highest BCUT2D eigenvalue weighted by Gasteiger charge is 2.13. The zero-order chi connectivity index (χ0) is 11.3. The molecule has 16 heavy (non-hydrogen) atoms. The number of carbonyl (C=O) groups is 1. The van der Waals surface area contributed by atoms with Crippen molar-refractivity contribution in [3.8, 4) is 5.75 Å². The number of aromatic nitrogens is 1. The summed E-state index contributed by atoms with van der Waals surface area (Å²) < 4.78 is 7.34. The van der Waals surface area contributed by atoms with Crippen LogP contribution in [0.2, 0.25) is 0 Å². The van der Waals surface area contributed by atoms with Gasteiger partial charge in [0.25, 0.3) is 0 Å². The molecule has 0 aliphatic heterocycles. The fourth-order valence-electron chi connectivity index (χ4n) is 2.01. The molecular weight excluding hydrogens is 206 g/mol. The van der Waals surface area contributed by atoms with Crippen LogP contribution >= 0.6 is 0 Å². The Morgan fingerprint density at radius 1 is 1.31 bits per heavy atom. The maximum atomic E-state index is 10.8. The molecule has 0 fully saturated rings. The molecule has 0 aliphatic carbocycles. The number of phenols is 1. The van der Waals surface area contributed by atoms with Crippen LogP contribution in [0.3, 0.4) is 0 Å². The van der Waals surface area contributed by atoms with E-state index < -0.39 is 0 Å². The molecule has 0 saturated heterocycles. The van der Waals surface area contributed by atoms with E-state index in [0.717, 1.165) is 17.2 Å². The van der Waals surface area contributed by atoms with Crippen LogP contribution in [0.4, 0.5) is 0 Å². The van der Waals surface area contributed by atoms with Crippen LogP contribution in [0.1, 0.15) is 10.5 Å². The maximum Gasteiger partial charge on any atom is 0.166 e. The predicted molar refractivity (Wildman–Crippen MR) is 59.7 cm³/mol. The van der Waals surface area contributed by atoms with E-state index >= 15 is 0 Å². The molecule has 0 saturated carbocycles. The van der Waals surface area contributed by atoms with Crippen LogP contribution in [-0.2, 0) is 7.05 Å². The topological polar surface area (TPSA) is 55.4 Å². The van der Waals surface area contributed by atoms with Crippen LogP contribution < -0.4 is 0 Å². The molecule has 80 valence electrons. The molecule has 0 unspecified atom stereocenters. The number of benzene rings is 1. The zero-order valence-electron chi connectivity index (χ0n) is 8.60. The molecule has 0 bridgehead atoms. The molecule has 0 atom stereocenters. The van der Waals surface area contributed by atoms with Gasteiger partial charge in [-0.15, -0.1) is 0 Å². The van der Waals surface area contributed by atoms with E-state index in [9.17, 15) is 9.90 Å². The van der Waals surface area contributed by atoms with Gasteiger partial charge in [-0.2, -0.15) is 0 Å². The summed E-state index contributed by atoms with van der Waals surface area (Å²) in [6, 6.07) is 6.64. The van der Waals surface area contributed by atoms with Crippen molar-refractivity contribution in [2.45, 2.75) is 0 Å². The van der Waals surface area contributed by atoms with Crippen LogP contribution in [-0.4, -0.2) is 16.0 Å². The third-order valence-electron chi connectivity index (χ3n) is 2.80. The van der Waals surface area contributed by atoms with Gasteiger partial charge in [0.1, 0.15) is 11.3 Å². The van der Waals surface area contributed by atoms with Gasteiger partial charge in [0, 0.05) is 24.6 Å². The van der Waals surface area contributed by atoms with Crippen LogP contribution in [0, 0.1) is 0 Å². The maximum absolute atomic E-state index is 10.8. The van der Waals surface area contributed by atoms with Gasteiger partial charge in [0.2, 0.25) is 0 Å². The first kappa shape index (κ1) is 9.03. The standard InChI is InChI=1S/C12H9NO3/c1-13-7(6-14)4-11-12(13)9-3-2-8(15)5-10(9)16-11/h2-6,15H,1H3.